The normalized spacial score (nSPS) is 20.7. The van der Waals surface area contributed by atoms with Gasteiger partial charge in [0.25, 0.3) is 0 Å². The molecule has 2 nitrogen and oxygen atoms in total. The number of nitrogens with one attached hydrogen (secondary N) is 1. The third-order valence-electron chi connectivity index (χ3n) is 1.95. The first-order valence-corrected chi connectivity index (χ1v) is 4.17. The molecule has 2 aliphatic heterocycles. The highest BCUT2D eigenvalue weighted by molar-refractivity contribution is 5.26. The molecule has 2 rings (SSSR count). The molecule has 2 aliphatic rings. The first-order valence-electron chi connectivity index (χ1n) is 4.17. The van der Waals surface area contributed by atoms with Crippen molar-refractivity contribution in [3.63, 3.8) is 0 Å². The molecular weight excluding hydrogens is 148 g/mol. The van der Waals surface area contributed by atoms with Crippen molar-refractivity contribution in [2.24, 2.45) is 0 Å². The maximum absolute atomic E-state index is 3.13. The average Bonchev–Trinajstić information content (AvgIpc) is 2.21. The maximum atomic E-state index is 3.13. The van der Waals surface area contributed by atoms with Gasteiger partial charge in [-0.05, 0) is 24.4 Å². The largest absolute Gasteiger partial charge is 0.387 e. The molecule has 0 saturated carbocycles. The molecule has 62 valence electrons. The van der Waals surface area contributed by atoms with E-state index >= 15 is 0 Å². The van der Waals surface area contributed by atoms with Gasteiger partial charge in [0.15, 0.2) is 0 Å². The van der Waals surface area contributed by atoms with Crippen molar-refractivity contribution in [2.75, 3.05) is 13.1 Å². The lowest BCUT2D eigenvalue weighted by molar-refractivity contribution is 0.522. The number of dihydropyridines is 1. The van der Waals surface area contributed by atoms with E-state index in [9.17, 15) is 0 Å². The molecule has 0 atom stereocenters. The minimum Gasteiger partial charge on any atom is -0.387 e. The summed E-state index contributed by atoms with van der Waals surface area (Å²) in [6.45, 7) is 1.91. The standard InChI is InChI=1S/C10H12N2/c1-2-8-12(9-3-1)10-4-6-11-7-5-10/h1-6,8,11H,7,9H2. The quantitative estimate of drug-likeness (QED) is 0.623. The molecule has 0 amide bonds. The van der Waals surface area contributed by atoms with Crippen LogP contribution in [0.3, 0.4) is 0 Å². The number of hydrogen-bond donors (Lipinski definition) is 1. The van der Waals surface area contributed by atoms with Crippen LogP contribution in [0.25, 0.3) is 0 Å². The molecule has 0 aromatic rings. The average molecular weight is 160 g/mol. The second-order valence-electron chi connectivity index (χ2n) is 2.79. The Labute approximate surface area is 72.6 Å². The fraction of sp³-hybridized carbons (Fsp3) is 0.200. The van der Waals surface area contributed by atoms with Gasteiger partial charge >= 0.3 is 0 Å². The van der Waals surface area contributed by atoms with Crippen LogP contribution in [-0.2, 0) is 0 Å². The van der Waals surface area contributed by atoms with Crippen molar-refractivity contribution in [1.29, 1.82) is 0 Å². The summed E-state index contributed by atoms with van der Waals surface area (Å²) >= 11 is 0. The highest BCUT2D eigenvalue weighted by atomic mass is 15.1. The Morgan fingerprint density at radius 1 is 1.33 bits per heavy atom. The van der Waals surface area contributed by atoms with E-state index in [1.54, 1.807) is 0 Å². The van der Waals surface area contributed by atoms with E-state index < -0.39 is 0 Å². The van der Waals surface area contributed by atoms with Gasteiger partial charge in [-0.15, -0.1) is 0 Å². The Morgan fingerprint density at radius 2 is 2.33 bits per heavy atom. The van der Waals surface area contributed by atoms with Gasteiger partial charge in [-0.3, -0.25) is 0 Å². The van der Waals surface area contributed by atoms with Gasteiger partial charge in [-0.25, -0.2) is 0 Å². The molecule has 0 aromatic heterocycles. The van der Waals surface area contributed by atoms with Crippen LogP contribution in [0.5, 0.6) is 0 Å². The lowest BCUT2D eigenvalue weighted by Gasteiger charge is -2.23. The van der Waals surface area contributed by atoms with E-state index in [0.29, 0.717) is 0 Å². The molecular formula is C10H12N2. The van der Waals surface area contributed by atoms with Crippen LogP contribution in [0.1, 0.15) is 0 Å². The summed E-state index contributed by atoms with van der Waals surface area (Å²) < 4.78 is 0. The zero-order valence-electron chi connectivity index (χ0n) is 6.90. The second-order valence-corrected chi connectivity index (χ2v) is 2.79. The van der Waals surface area contributed by atoms with Crippen LogP contribution >= 0.6 is 0 Å². The Morgan fingerprint density at radius 3 is 3.00 bits per heavy atom. The molecule has 0 radical (unpaired) electrons. The van der Waals surface area contributed by atoms with Crippen molar-refractivity contribution in [2.45, 2.75) is 0 Å². The van der Waals surface area contributed by atoms with Crippen LogP contribution in [0.2, 0.25) is 0 Å². The monoisotopic (exact) mass is 160 g/mol. The van der Waals surface area contributed by atoms with Gasteiger partial charge in [0, 0.05) is 25.0 Å². The molecule has 0 unspecified atom stereocenters. The highest BCUT2D eigenvalue weighted by Crippen LogP contribution is 2.11. The summed E-state index contributed by atoms with van der Waals surface area (Å²) in [6, 6.07) is 0. The van der Waals surface area contributed by atoms with E-state index in [1.807, 2.05) is 6.20 Å². The van der Waals surface area contributed by atoms with E-state index in [-0.39, 0.29) is 0 Å². The summed E-state index contributed by atoms with van der Waals surface area (Å²) in [5.74, 6) is 0. The number of rotatable bonds is 1. The molecule has 0 bridgehead atoms. The Bertz CT molecular complexity index is 272. The van der Waals surface area contributed by atoms with Crippen LogP contribution < -0.4 is 5.32 Å². The first kappa shape index (κ1) is 7.22. The van der Waals surface area contributed by atoms with Crippen molar-refractivity contribution in [3.8, 4) is 0 Å². The summed E-state index contributed by atoms with van der Waals surface area (Å²) in [4.78, 5) is 2.22. The van der Waals surface area contributed by atoms with Gasteiger partial charge in [0.2, 0.25) is 0 Å². The lowest BCUT2D eigenvalue weighted by atomic mass is 10.2. The Kier molecular flexibility index (Phi) is 1.99. The summed E-state index contributed by atoms with van der Waals surface area (Å²) in [6.07, 6.45) is 14.6. The summed E-state index contributed by atoms with van der Waals surface area (Å²) in [5.41, 5.74) is 1.27. The molecule has 0 fully saturated rings. The fourth-order valence-corrected chi connectivity index (χ4v) is 1.32. The van der Waals surface area contributed by atoms with E-state index in [4.69, 9.17) is 0 Å². The predicted octanol–water partition coefficient (Wildman–Crippen LogP) is 1.37. The van der Waals surface area contributed by atoms with E-state index in [0.717, 1.165) is 13.1 Å². The summed E-state index contributed by atoms with van der Waals surface area (Å²) in [7, 11) is 0. The van der Waals surface area contributed by atoms with Gasteiger partial charge in [0.1, 0.15) is 0 Å². The molecule has 0 spiro atoms. The Balaban J connectivity index is 2.09. The van der Waals surface area contributed by atoms with Gasteiger partial charge in [-0.2, -0.15) is 0 Å². The zero-order chi connectivity index (χ0) is 8.23. The fourth-order valence-electron chi connectivity index (χ4n) is 1.32. The molecule has 1 N–H and O–H groups in total. The Hall–Kier alpha value is -1.44. The van der Waals surface area contributed by atoms with Gasteiger partial charge in [-0.1, -0.05) is 12.2 Å². The van der Waals surface area contributed by atoms with Crippen molar-refractivity contribution in [3.05, 3.63) is 48.5 Å². The number of hydrogen-bond acceptors (Lipinski definition) is 2. The second kappa shape index (κ2) is 3.30. The maximum Gasteiger partial charge on any atom is 0.0409 e. The predicted molar refractivity (Wildman–Crippen MR) is 50.2 cm³/mol. The third-order valence-corrected chi connectivity index (χ3v) is 1.95. The molecule has 0 aromatic carbocycles. The van der Waals surface area contributed by atoms with Crippen LogP contribution in [0.4, 0.5) is 0 Å². The van der Waals surface area contributed by atoms with Crippen molar-refractivity contribution in [1.82, 2.24) is 10.2 Å². The molecule has 0 aliphatic carbocycles. The molecule has 12 heavy (non-hydrogen) atoms. The molecule has 2 heteroatoms. The van der Waals surface area contributed by atoms with Crippen LogP contribution in [0, 0.1) is 0 Å². The van der Waals surface area contributed by atoms with Gasteiger partial charge in [0.05, 0.1) is 0 Å². The smallest absolute Gasteiger partial charge is 0.0409 e. The lowest BCUT2D eigenvalue weighted by Crippen LogP contribution is -2.21. The minimum atomic E-state index is 0.930. The van der Waals surface area contributed by atoms with Crippen molar-refractivity contribution >= 4 is 0 Å². The summed E-state index contributed by atoms with van der Waals surface area (Å²) in [5, 5.41) is 3.13. The molecule has 2 heterocycles. The van der Waals surface area contributed by atoms with Gasteiger partial charge < -0.3 is 10.2 Å². The topological polar surface area (TPSA) is 15.3 Å². The highest BCUT2D eigenvalue weighted by Gasteiger charge is 2.04. The third kappa shape index (κ3) is 1.42. The van der Waals surface area contributed by atoms with E-state index in [1.165, 1.54) is 5.70 Å². The number of nitrogens with zero attached hydrogens (tertiary/aromatic N) is 1. The van der Waals surface area contributed by atoms with Crippen molar-refractivity contribution < 1.29 is 0 Å². The van der Waals surface area contributed by atoms with Crippen LogP contribution in [0.15, 0.2) is 48.5 Å². The number of allylic oxidation sites excluding steroid dienone is 3. The first-order chi connectivity index (χ1) is 5.97. The van der Waals surface area contributed by atoms with Crippen LogP contribution in [-0.4, -0.2) is 18.0 Å². The van der Waals surface area contributed by atoms with E-state index in [2.05, 4.69) is 46.8 Å². The molecule has 0 saturated heterocycles. The minimum absolute atomic E-state index is 0.930. The zero-order valence-corrected chi connectivity index (χ0v) is 6.90. The SMILES string of the molecule is C1=CCN(C2=CCNC=C2)C=C1.